The first-order valence-corrected chi connectivity index (χ1v) is 18.5. The summed E-state index contributed by atoms with van der Waals surface area (Å²) in [6, 6.07) is 3.40. The van der Waals surface area contributed by atoms with E-state index in [9.17, 15) is 45.5 Å². The molecule has 0 aliphatic heterocycles. The summed E-state index contributed by atoms with van der Waals surface area (Å²) < 4.78 is 84.2. The molecule has 2 aromatic carbocycles. The molecule has 3 aromatic rings. The minimum atomic E-state index is -4.95. The first kappa shape index (κ1) is 46.5. The van der Waals surface area contributed by atoms with Crippen LogP contribution in [0.2, 0.25) is 0 Å². The summed E-state index contributed by atoms with van der Waals surface area (Å²) in [6.45, 7) is -0.251. The number of thioether (sulfide) groups is 2. The Morgan fingerprint density at radius 3 is 1.24 bits per heavy atom. The number of rotatable bonds is 18. The van der Waals surface area contributed by atoms with Crippen LogP contribution in [-0.2, 0) is 21.9 Å². The van der Waals surface area contributed by atoms with E-state index < -0.39 is 69.9 Å². The highest BCUT2D eigenvalue weighted by atomic mass is 32.2. The number of nitrogens with zero attached hydrogens (tertiary/aromatic N) is 4. The van der Waals surface area contributed by atoms with Gasteiger partial charge in [-0.2, -0.15) is 26.3 Å². The number of nitrogens with one attached hydrogen (secondary N) is 4. The smallest absolute Gasteiger partial charge is 0.370 e. The lowest BCUT2D eigenvalue weighted by atomic mass is 10.1. The van der Waals surface area contributed by atoms with Crippen molar-refractivity contribution in [1.82, 2.24) is 9.97 Å². The van der Waals surface area contributed by atoms with Crippen LogP contribution in [0.5, 0.6) is 0 Å². The number of carbonyl (C=O) groups excluding carboxylic acids is 4. The summed E-state index contributed by atoms with van der Waals surface area (Å²) in [5.41, 5.74) is 27.2. The minimum Gasteiger partial charge on any atom is -0.370 e. The van der Waals surface area contributed by atoms with Gasteiger partial charge in [0.05, 0.1) is 56.8 Å². The molecule has 1 aromatic heterocycles. The van der Waals surface area contributed by atoms with E-state index in [1.54, 1.807) is 0 Å². The van der Waals surface area contributed by atoms with E-state index in [4.69, 9.17) is 34.4 Å². The molecule has 0 fully saturated rings. The van der Waals surface area contributed by atoms with Crippen molar-refractivity contribution in [3.8, 4) is 0 Å². The van der Waals surface area contributed by atoms with Gasteiger partial charge in [0, 0.05) is 43.5 Å². The Labute approximate surface area is 334 Å². The number of benzene rings is 2. The highest BCUT2D eigenvalue weighted by Crippen LogP contribution is 2.42. The van der Waals surface area contributed by atoms with Crippen molar-refractivity contribution in [2.24, 2.45) is 44.4 Å². The molecular formula is C32H38F6N14O4S2. The van der Waals surface area contributed by atoms with E-state index in [0.29, 0.717) is 24.3 Å². The van der Waals surface area contributed by atoms with Gasteiger partial charge in [-0.3, -0.25) is 29.2 Å². The molecule has 3 rings (SSSR count). The van der Waals surface area contributed by atoms with E-state index in [1.165, 1.54) is 0 Å². The maximum Gasteiger partial charge on any atom is 0.416 e. The summed E-state index contributed by atoms with van der Waals surface area (Å²) in [7, 11) is 0. The summed E-state index contributed by atoms with van der Waals surface area (Å²) in [6.07, 6.45) is -9.76. The average Bonchev–Trinajstić information content (AvgIpc) is 3.12. The Morgan fingerprint density at radius 2 is 0.931 bits per heavy atom. The molecule has 16 N–H and O–H groups in total. The van der Waals surface area contributed by atoms with Crippen LogP contribution in [0.1, 0.15) is 44.9 Å². The van der Waals surface area contributed by atoms with Crippen molar-refractivity contribution in [2.45, 2.75) is 35.0 Å². The standard InChI is InChI=1S/C32H38F6N14O4S2/c33-31(34,35)15-9-17(49-23(53)1-5-45-29(41)42)25(57-7-3-39)19(11-15)51-27(55)21-13-22(48-14-47-21)28(56)52-20-12-16(32(36,37)38)10-18(26(20)58-8-4-40)50-24(54)2-6-46-30(43)44/h9-14H,1-8,39-40H2,(H,49,53)(H,50,54)(H,51,55)(H,52,56)(H4,41,42,45)(H4,43,44,46). The molecule has 26 heteroatoms. The zero-order chi connectivity index (χ0) is 43.2. The number of nitrogens with two attached hydrogens (primary N) is 6. The summed E-state index contributed by atoms with van der Waals surface area (Å²) in [5.74, 6) is -4.15. The summed E-state index contributed by atoms with van der Waals surface area (Å²) in [4.78, 5) is 67.1. The maximum atomic E-state index is 14.0. The predicted octanol–water partition coefficient (Wildman–Crippen LogP) is 2.32. The second kappa shape index (κ2) is 21.1. The van der Waals surface area contributed by atoms with Gasteiger partial charge in [-0.1, -0.05) is 0 Å². The number of aliphatic imine (C=N–C) groups is 2. The number of guanidine groups is 2. The van der Waals surface area contributed by atoms with E-state index in [2.05, 4.69) is 41.2 Å². The van der Waals surface area contributed by atoms with Gasteiger partial charge < -0.3 is 55.7 Å². The van der Waals surface area contributed by atoms with Crippen molar-refractivity contribution in [1.29, 1.82) is 0 Å². The number of amides is 4. The molecule has 0 radical (unpaired) electrons. The Bertz CT molecular complexity index is 1900. The number of anilines is 4. The largest absolute Gasteiger partial charge is 0.416 e. The van der Waals surface area contributed by atoms with Crippen molar-refractivity contribution in [2.75, 3.05) is 59.0 Å². The molecule has 0 saturated heterocycles. The van der Waals surface area contributed by atoms with Gasteiger partial charge >= 0.3 is 12.4 Å². The molecule has 0 aliphatic rings. The van der Waals surface area contributed by atoms with Crippen molar-refractivity contribution in [3.05, 3.63) is 59.2 Å². The summed E-state index contributed by atoms with van der Waals surface area (Å²) in [5, 5.41) is 9.35. The predicted molar refractivity (Wildman–Crippen MR) is 208 cm³/mol. The number of hydrogen-bond acceptors (Lipinski definition) is 12. The lowest BCUT2D eigenvalue weighted by Crippen LogP contribution is -2.24. The fourth-order valence-electron chi connectivity index (χ4n) is 4.57. The number of alkyl halides is 6. The molecule has 4 amide bonds. The van der Waals surface area contributed by atoms with Crippen molar-refractivity contribution < 1.29 is 45.5 Å². The molecule has 18 nitrogen and oxygen atoms in total. The monoisotopic (exact) mass is 860 g/mol. The van der Waals surface area contributed by atoms with Crippen LogP contribution < -0.4 is 55.7 Å². The van der Waals surface area contributed by atoms with Crippen LogP contribution >= 0.6 is 23.5 Å². The van der Waals surface area contributed by atoms with Crippen molar-refractivity contribution in [3.63, 3.8) is 0 Å². The Morgan fingerprint density at radius 1 is 0.586 bits per heavy atom. The molecule has 0 bridgehead atoms. The van der Waals surface area contributed by atoms with E-state index in [1.807, 2.05) is 0 Å². The molecule has 0 saturated carbocycles. The number of hydrogen-bond donors (Lipinski definition) is 10. The van der Waals surface area contributed by atoms with Crippen LogP contribution in [0.15, 0.2) is 56.4 Å². The highest BCUT2D eigenvalue weighted by Gasteiger charge is 2.34. The van der Waals surface area contributed by atoms with Crippen LogP contribution in [0.3, 0.4) is 0 Å². The quantitative estimate of drug-likeness (QED) is 0.0380. The molecular weight excluding hydrogens is 823 g/mol. The van der Waals surface area contributed by atoms with Gasteiger partial charge in [-0.05, 0) is 24.3 Å². The van der Waals surface area contributed by atoms with Gasteiger partial charge in [0.15, 0.2) is 11.9 Å². The molecule has 0 spiro atoms. The topological polar surface area (TPSA) is 323 Å². The van der Waals surface area contributed by atoms with Gasteiger partial charge in [-0.15, -0.1) is 23.5 Å². The Hall–Kier alpha value is -5.86. The summed E-state index contributed by atoms with van der Waals surface area (Å²) >= 11 is 1.82. The van der Waals surface area contributed by atoms with E-state index in [0.717, 1.165) is 35.9 Å². The van der Waals surface area contributed by atoms with Crippen LogP contribution in [0, 0.1) is 0 Å². The fraction of sp³-hybridized carbons (Fsp3) is 0.312. The molecule has 1 heterocycles. The molecule has 58 heavy (non-hydrogen) atoms. The first-order chi connectivity index (χ1) is 27.2. The van der Waals surface area contributed by atoms with Crippen LogP contribution in [-0.4, -0.2) is 83.2 Å². The van der Waals surface area contributed by atoms with Gasteiger partial charge in [0.2, 0.25) is 11.8 Å². The van der Waals surface area contributed by atoms with Crippen molar-refractivity contribution >= 4 is 81.8 Å². The fourth-order valence-corrected chi connectivity index (χ4v) is 6.27. The van der Waals surface area contributed by atoms with E-state index >= 15 is 0 Å². The molecule has 0 unspecified atom stereocenters. The third kappa shape index (κ3) is 14.3. The lowest BCUT2D eigenvalue weighted by molar-refractivity contribution is -0.138. The first-order valence-electron chi connectivity index (χ1n) is 16.5. The molecule has 314 valence electrons. The molecule has 0 aliphatic carbocycles. The van der Waals surface area contributed by atoms with E-state index in [-0.39, 0.29) is 83.6 Å². The second-order valence-electron chi connectivity index (χ2n) is 11.5. The normalized spacial score (nSPS) is 11.3. The van der Waals surface area contributed by atoms with Gasteiger partial charge in [-0.25, -0.2) is 9.97 Å². The Kier molecular flexibility index (Phi) is 16.9. The Balaban J connectivity index is 2.01. The second-order valence-corrected chi connectivity index (χ2v) is 13.7. The average molecular weight is 861 g/mol. The number of carbonyl (C=O) groups is 4. The van der Waals surface area contributed by atoms with Gasteiger partial charge in [0.1, 0.15) is 17.7 Å². The van der Waals surface area contributed by atoms with Gasteiger partial charge in [0.25, 0.3) is 11.8 Å². The zero-order valence-corrected chi connectivity index (χ0v) is 31.7. The number of halogens is 6. The third-order valence-corrected chi connectivity index (χ3v) is 9.34. The SMILES string of the molecule is NCCSc1c(NC(=O)CCN=C(N)N)cc(C(F)(F)F)cc1NC(=O)c1cc(C(=O)Nc2cc(C(F)(F)F)cc(NC(=O)CCN=C(N)N)c2SCCN)ncn1. The zero-order valence-electron chi connectivity index (χ0n) is 30.1. The van der Waals surface area contributed by atoms with Crippen LogP contribution in [0.4, 0.5) is 49.1 Å². The maximum absolute atomic E-state index is 14.0. The lowest BCUT2D eigenvalue weighted by Gasteiger charge is -2.19. The molecule has 0 atom stereocenters. The number of aromatic nitrogens is 2. The highest BCUT2D eigenvalue weighted by molar-refractivity contribution is 7.99. The third-order valence-electron chi connectivity index (χ3n) is 7.00. The van der Waals surface area contributed by atoms with Crippen LogP contribution in [0.25, 0.3) is 0 Å². The minimum absolute atomic E-state index is 0.0137.